The first-order chi connectivity index (χ1) is 10.4. The van der Waals surface area contributed by atoms with Gasteiger partial charge in [-0.25, -0.2) is 0 Å². The Labute approximate surface area is 131 Å². The first kappa shape index (κ1) is 16.1. The maximum atomic E-state index is 12.2. The number of nitrogens with one attached hydrogen (secondary N) is 1. The topological polar surface area (TPSA) is 56.1 Å². The number of rotatable bonds is 5. The first-order valence-electron chi connectivity index (χ1n) is 7.36. The average molecular weight is 301 g/mol. The maximum absolute atomic E-state index is 12.2. The SMILES string of the molecule is COc1ccc(C)cc1NC(=O)CCc1c(C)nn(C)c1C. The Morgan fingerprint density at radius 2 is 2.05 bits per heavy atom. The number of aromatic nitrogens is 2. The largest absolute Gasteiger partial charge is 0.495 e. The molecule has 0 aliphatic heterocycles. The number of benzene rings is 1. The third kappa shape index (κ3) is 3.47. The lowest BCUT2D eigenvalue weighted by Crippen LogP contribution is -2.13. The van der Waals surface area contributed by atoms with Crippen LogP contribution in [-0.4, -0.2) is 22.8 Å². The van der Waals surface area contributed by atoms with E-state index in [2.05, 4.69) is 10.4 Å². The van der Waals surface area contributed by atoms with Crippen LogP contribution in [0.5, 0.6) is 5.75 Å². The third-order valence-electron chi connectivity index (χ3n) is 3.89. The van der Waals surface area contributed by atoms with Crippen LogP contribution in [0.3, 0.4) is 0 Å². The number of aryl methyl sites for hydroxylation is 3. The molecule has 1 aromatic carbocycles. The fourth-order valence-corrected chi connectivity index (χ4v) is 2.55. The summed E-state index contributed by atoms with van der Waals surface area (Å²) >= 11 is 0. The Balaban J connectivity index is 2.03. The lowest BCUT2D eigenvalue weighted by Gasteiger charge is -2.11. The van der Waals surface area contributed by atoms with E-state index >= 15 is 0 Å². The predicted molar refractivity (Wildman–Crippen MR) is 87.4 cm³/mol. The molecule has 1 aromatic heterocycles. The van der Waals surface area contributed by atoms with Crippen LogP contribution in [0.25, 0.3) is 0 Å². The second kappa shape index (κ2) is 6.64. The molecule has 118 valence electrons. The molecule has 1 N–H and O–H groups in total. The van der Waals surface area contributed by atoms with E-state index in [1.807, 2.05) is 50.7 Å². The number of hydrogen-bond acceptors (Lipinski definition) is 3. The van der Waals surface area contributed by atoms with Gasteiger partial charge in [-0.3, -0.25) is 9.48 Å². The summed E-state index contributed by atoms with van der Waals surface area (Å²) in [6, 6.07) is 5.73. The van der Waals surface area contributed by atoms with Gasteiger partial charge >= 0.3 is 0 Å². The van der Waals surface area contributed by atoms with Crippen molar-refractivity contribution >= 4 is 11.6 Å². The summed E-state index contributed by atoms with van der Waals surface area (Å²) in [4.78, 5) is 12.2. The molecule has 0 atom stereocenters. The summed E-state index contributed by atoms with van der Waals surface area (Å²) in [5, 5.41) is 7.30. The van der Waals surface area contributed by atoms with Gasteiger partial charge in [0.15, 0.2) is 0 Å². The lowest BCUT2D eigenvalue weighted by atomic mass is 10.1. The summed E-state index contributed by atoms with van der Waals surface area (Å²) < 4.78 is 7.13. The van der Waals surface area contributed by atoms with E-state index in [4.69, 9.17) is 4.74 Å². The zero-order valence-electron chi connectivity index (χ0n) is 13.9. The van der Waals surface area contributed by atoms with Crippen molar-refractivity contribution in [1.29, 1.82) is 0 Å². The zero-order chi connectivity index (χ0) is 16.3. The fourth-order valence-electron chi connectivity index (χ4n) is 2.55. The summed E-state index contributed by atoms with van der Waals surface area (Å²) in [7, 11) is 3.52. The molecule has 0 saturated carbocycles. The molecule has 0 spiro atoms. The van der Waals surface area contributed by atoms with E-state index in [1.54, 1.807) is 7.11 Å². The molecule has 5 nitrogen and oxygen atoms in total. The second-order valence-corrected chi connectivity index (χ2v) is 5.52. The number of carbonyl (C=O) groups is 1. The highest BCUT2D eigenvalue weighted by Crippen LogP contribution is 2.25. The first-order valence-corrected chi connectivity index (χ1v) is 7.36. The minimum Gasteiger partial charge on any atom is -0.495 e. The van der Waals surface area contributed by atoms with Crippen LogP contribution in [0.4, 0.5) is 5.69 Å². The van der Waals surface area contributed by atoms with Crippen LogP contribution in [0.2, 0.25) is 0 Å². The van der Waals surface area contributed by atoms with Gasteiger partial charge in [0.25, 0.3) is 0 Å². The van der Waals surface area contributed by atoms with E-state index in [-0.39, 0.29) is 5.91 Å². The van der Waals surface area contributed by atoms with E-state index in [9.17, 15) is 4.79 Å². The highest BCUT2D eigenvalue weighted by molar-refractivity contribution is 5.92. The number of amides is 1. The van der Waals surface area contributed by atoms with Crippen LogP contribution >= 0.6 is 0 Å². The van der Waals surface area contributed by atoms with Gasteiger partial charge in [-0.2, -0.15) is 5.10 Å². The maximum Gasteiger partial charge on any atom is 0.224 e. The van der Waals surface area contributed by atoms with Crippen molar-refractivity contribution in [1.82, 2.24) is 9.78 Å². The van der Waals surface area contributed by atoms with Gasteiger partial charge < -0.3 is 10.1 Å². The standard InChI is InChI=1S/C17H23N3O2/c1-11-6-8-16(22-5)15(10-11)18-17(21)9-7-14-12(2)19-20(4)13(14)3/h6,8,10H,7,9H2,1-5H3,(H,18,21). The van der Waals surface area contributed by atoms with Gasteiger partial charge in [0.05, 0.1) is 18.5 Å². The van der Waals surface area contributed by atoms with E-state index in [1.165, 1.54) is 0 Å². The van der Waals surface area contributed by atoms with Crippen LogP contribution in [-0.2, 0) is 18.3 Å². The van der Waals surface area contributed by atoms with Crippen molar-refractivity contribution in [3.05, 3.63) is 40.7 Å². The predicted octanol–water partition coefficient (Wildman–Crippen LogP) is 2.93. The summed E-state index contributed by atoms with van der Waals surface area (Å²) in [5.74, 6) is 0.652. The zero-order valence-corrected chi connectivity index (χ0v) is 13.9. The molecule has 0 radical (unpaired) electrons. The van der Waals surface area contributed by atoms with Crippen LogP contribution in [0, 0.1) is 20.8 Å². The average Bonchev–Trinajstić information content (AvgIpc) is 2.70. The van der Waals surface area contributed by atoms with E-state index in [0.29, 0.717) is 24.3 Å². The number of carbonyl (C=O) groups excluding carboxylic acids is 1. The third-order valence-corrected chi connectivity index (χ3v) is 3.89. The van der Waals surface area contributed by atoms with Gasteiger partial charge in [0, 0.05) is 19.2 Å². The van der Waals surface area contributed by atoms with Crippen molar-refractivity contribution in [2.24, 2.45) is 7.05 Å². The van der Waals surface area contributed by atoms with Crippen LogP contribution in [0.15, 0.2) is 18.2 Å². The van der Waals surface area contributed by atoms with Gasteiger partial charge in [-0.1, -0.05) is 6.07 Å². The molecule has 5 heteroatoms. The number of hydrogen-bond donors (Lipinski definition) is 1. The van der Waals surface area contributed by atoms with Gasteiger partial charge in [0.1, 0.15) is 5.75 Å². The highest BCUT2D eigenvalue weighted by Gasteiger charge is 2.12. The number of ether oxygens (including phenoxy) is 1. The molecule has 22 heavy (non-hydrogen) atoms. The normalized spacial score (nSPS) is 10.6. The Hall–Kier alpha value is -2.30. The van der Waals surface area contributed by atoms with Gasteiger partial charge in [-0.05, 0) is 50.5 Å². The Morgan fingerprint density at radius 1 is 1.32 bits per heavy atom. The molecule has 2 rings (SSSR count). The molecule has 2 aromatic rings. The minimum atomic E-state index is -0.0217. The van der Waals surface area contributed by atoms with E-state index < -0.39 is 0 Å². The van der Waals surface area contributed by atoms with Crippen LogP contribution in [0.1, 0.15) is 28.9 Å². The van der Waals surface area contributed by atoms with Gasteiger partial charge in [0.2, 0.25) is 5.91 Å². The molecular formula is C17H23N3O2. The lowest BCUT2D eigenvalue weighted by molar-refractivity contribution is -0.116. The van der Waals surface area contributed by atoms with Crippen molar-refractivity contribution in [3.8, 4) is 5.75 Å². The quantitative estimate of drug-likeness (QED) is 0.924. The second-order valence-electron chi connectivity index (χ2n) is 5.52. The van der Waals surface area contributed by atoms with Crippen LogP contribution < -0.4 is 10.1 Å². The molecule has 1 heterocycles. The summed E-state index contributed by atoms with van der Waals surface area (Å²) in [5.41, 5.74) is 5.04. The molecule has 0 bridgehead atoms. The number of methoxy groups -OCH3 is 1. The minimum absolute atomic E-state index is 0.0217. The van der Waals surface area contributed by atoms with Crippen molar-refractivity contribution in [2.45, 2.75) is 33.6 Å². The Bertz CT molecular complexity index is 689. The number of nitrogens with zero attached hydrogens (tertiary/aromatic N) is 2. The smallest absolute Gasteiger partial charge is 0.224 e. The molecule has 0 saturated heterocycles. The fraction of sp³-hybridized carbons (Fsp3) is 0.412. The molecular weight excluding hydrogens is 278 g/mol. The molecule has 0 aliphatic carbocycles. The molecule has 1 amide bonds. The molecule has 0 fully saturated rings. The Morgan fingerprint density at radius 3 is 2.64 bits per heavy atom. The van der Waals surface area contributed by atoms with Crippen molar-refractivity contribution < 1.29 is 9.53 Å². The molecule has 0 unspecified atom stereocenters. The number of anilines is 1. The van der Waals surface area contributed by atoms with E-state index in [0.717, 1.165) is 22.5 Å². The molecule has 0 aliphatic rings. The summed E-state index contributed by atoms with van der Waals surface area (Å²) in [6.45, 7) is 5.98. The van der Waals surface area contributed by atoms with Crippen molar-refractivity contribution in [3.63, 3.8) is 0 Å². The van der Waals surface area contributed by atoms with Gasteiger partial charge in [-0.15, -0.1) is 0 Å². The summed E-state index contributed by atoms with van der Waals surface area (Å²) in [6.07, 6.45) is 1.11. The Kier molecular flexibility index (Phi) is 4.85. The van der Waals surface area contributed by atoms with Crippen molar-refractivity contribution in [2.75, 3.05) is 12.4 Å². The highest BCUT2D eigenvalue weighted by atomic mass is 16.5. The monoisotopic (exact) mass is 301 g/mol.